The Hall–Kier alpha value is -1.40. The van der Waals surface area contributed by atoms with Gasteiger partial charge in [-0.1, -0.05) is 15.9 Å². The number of aryl methyl sites for hydroxylation is 1. The van der Waals surface area contributed by atoms with Crippen molar-refractivity contribution >= 4 is 33.4 Å². The van der Waals surface area contributed by atoms with Gasteiger partial charge in [0.25, 0.3) is 0 Å². The Morgan fingerprint density at radius 2 is 2.22 bits per heavy atom. The summed E-state index contributed by atoms with van der Waals surface area (Å²) in [5.41, 5.74) is 1.84. The first kappa shape index (κ1) is 17.9. The number of amides is 2. The van der Waals surface area contributed by atoms with E-state index in [1.165, 1.54) is 6.92 Å². The van der Waals surface area contributed by atoms with E-state index in [4.69, 9.17) is 4.74 Å². The largest absolute Gasteiger partial charge is 0.376 e. The minimum Gasteiger partial charge on any atom is -0.376 e. The third-order valence-electron chi connectivity index (χ3n) is 3.94. The average molecular weight is 383 g/mol. The Bertz CT molecular complexity index is 571. The molecule has 0 aliphatic carbocycles. The third kappa shape index (κ3) is 5.32. The lowest BCUT2D eigenvalue weighted by atomic mass is 10.1. The van der Waals surface area contributed by atoms with Crippen molar-refractivity contribution in [1.82, 2.24) is 5.32 Å². The van der Waals surface area contributed by atoms with E-state index < -0.39 is 0 Å². The highest BCUT2D eigenvalue weighted by atomic mass is 79.9. The van der Waals surface area contributed by atoms with Crippen molar-refractivity contribution in [1.29, 1.82) is 0 Å². The summed E-state index contributed by atoms with van der Waals surface area (Å²) in [6.45, 7) is 5.17. The van der Waals surface area contributed by atoms with Crippen molar-refractivity contribution in [3.63, 3.8) is 0 Å². The Balaban J connectivity index is 1.89. The lowest BCUT2D eigenvalue weighted by molar-refractivity contribution is -0.121. The van der Waals surface area contributed by atoms with E-state index in [-0.39, 0.29) is 24.3 Å². The van der Waals surface area contributed by atoms with Crippen LogP contribution >= 0.6 is 15.9 Å². The molecular formula is C17H23BrN2O3. The minimum atomic E-state index is -0.0673. The zero-order valence-corrected chi connectivity index (χ0v) is 15.2. The van der Waals surface area contributed by atoms with Crippen LogP contribution in [-0.2, 0) is 14.3 Å². The van der Waals surface area contributed by atoms with Gasteiger partial charge in [0, 0.05) is 43.2 Å². The van der Waals surface area contributed by atoms with Gasteiger partial charge >= 0.3 is 0 Å². The summed E-state index contributed by atoms with van der Waals surface area (Å²) in [6, 6.07) is 5.75. The highest BCUT2D eigenvalue weighted by Gasteiger charge is 2.18. The number of halogens is 1. The number of benzene rings is 1. The molecule has 1 saturated heterocycles. The summed E-state index contributed by atoms with van der Waals surface area (Å²) in [5, 5.41) is 2.88. The number of carbonyl (C=O) groups is 2. The molecule has 2 rings (SSSR count). The molecule has 1 aliphatic rings. The first-order valence-electron chi connectivity index (χ1n) is 7.90. The normalized spacial score (nSPS) is 17.1. The fourth-order valence-electron chi connectivity index (χ4n) is 2.70. The second-order valence-electron chi connectivity index (χ2n) is 5.79. The van der Waals surface area contributed by atoms with Crippen LogP contribution in [0.2, 0.25) is 0 Å². The predicted molar refractivity (Wildman–Crippen MR) is 93.5 cm³/mol. The highest BCUT2D eigenvalue weighted by Crippen LogP contribution is 2.24. The lowest BCUT2D eigenvalue weighted by Gasteiger charge is -2.23. The molecule has 1 heterocycles. The summed E-state index contributed by atoms with van der Waals surface area (Å²) in [5.74, 6) is -0.121. The molecule has 1 atom stereocenters. The number of rotatable bonds is 6. The second-order valence-corrected chi connectivity index (χ2v) is 6.71. The number of hydrogen-bond donors (Lipinski definition) is 1. The van der Waals surface area contributed by atoms with Gasteiger partial charge < -0.3 is 15.0 Å². The van der Waals surface area contributed by atoms with Gasteiger partial charge in [-0.25, -0.2) is 0 Å². The molecule has 126 valence electrons. The molecule has 6 heteroatoms. The van der Waals surface area contributed by atoms with Crippen LogP contribution in [0.25, 0.3) is 0 Å². The standard InChI is InChI=1S/C17H23BrN2O3/c1-12-10-14(18)5-6-16(12)20(13(2)21)8-7-17(22)19-11-15-4-3-9-23-15/h5-6,10,15H,3-4,7-9,11H2,1-2H3,(H,19,22). The maximum atomic E-state index is 12.0. The van der Waals surface area contributed by atoms with Crippen LogP contribution in [0.5, 0.6) is 0 Å². The van der Waals surface area contributed by atoms with E-state index in [2.05, 4.69) is 21.2 Å². The quantitative estimate of drug-likeness (QED) is 0.822. The highest BCUT2D eigenvalue weighted by molar-refractivity contribution is 9.10. The Labute approximate surface area is 145 Å². The topological polar surface area (TPSA) is 58.6 Å². The van der Waals surface area contributed by atoms with E-state index in [0.29, 0.717) is 13.1 Å². The maximum Gasteiger partial charge on any atom is 0.223 e. The number of anilines is 1. The summed E-state index contributed by atoms with van der Waals surface area (Å²) < 4.78 is 6.45. The van der Waals surface area contributed by atoms with Crippen LogP contribution in [0.1, 0.15) is 31.7 Å². The van der Waals surface area contributed by atoms with Crippen LogP contribution in [0, 0.1) is 6.92 Å². The molecule has 0 spiro atoms. The van der Waals surface area contributed by atoms with Crippen molar-refractivity contribution in [2.45, 2.75) is 39.2 Å². The predicted octanol–water partition coefficient (Wildman–Crippen LogP) is 2.80. The van der Waals surface area contributed by atoms with E-state index >= 15 is 0 Å². The van der Waals surface area contributed by atoms with Gasteiger partial charge in [-0.3, -0.25) is 9.59 Å². The number of nitrogens with one attached hydrogen (secondary N) is 1. The van der Waals surface area contributed by atoms with Gasteiger partial charge in [0.15, 0.2) is 0 Å². The number of ether oxygens (including phenoxy) is 1. The Kier molecular flexibility index (Phi) is 6.59. The molecule has 1 aromatic rings. The molecular weight excluding hydrogens is 360 g/mol. The molecule has 1 fully saturated rings. The molecule has 2 amide bonds. The number of nitrogens with zero attached hydrogens (tertiary/aromatic N) is 1. The summed E-state index contributed by atoms with van der Waals surface area (Å²) >= 11 is 3.42. The Morgan fingerprint density at radius 1 is 1.43 bits per heavy atom. The van der Waals surface area contributed by atoms with Crippen LogP contribution in [0.3, 0.4) is 0 Å². The van der Waals surface area contributed by atoms with E-state index in [0.717, 1.165) is 35.2 Å². The molecule has 0 saturated carbocycles. The van der Waals surface area contributed by atoms with E-state index in [9.17, 15) is 9.59 Å². The monoisotopic (exact) mass is 382 g/mol. The molecule has 23 heavy (non-hydrogen) atoms. The first-order chi connectivity index (χ1) is 11.0. The minimum absolute atomic E-state index is 0.0542. The van der Waals surface area contributed by atoms with E-state index in [1.807, 2.05) is 25.1 Å². The van der Waals surface area contributed by atoms with Gasteiger partial charge in [0.2, 0.25) is 11.8 Å². The number of carbonyl (C=O) groups excluding carboxylic acids is 2. The summed E-state index contributed by atoms with van der Waals surface area (Å²) in [7, 11) is 0. The third-order valence-corrected chi connectivity index (χ3v) is 4.44. The van der Waals surface area contributed by atoms with Crippen molar-refractivity contribution in [2.75, 3.05) is 24.6 Å². The van der Waals surface area contributed by atoms with Gasteiger partial charge in [0.1, 0.15) is 0 Å². The van der Waals surface area contributed by atoms with Crippen LogP contribution in [-0.4, -0.2) is 37.6 Å². The molecule has 0 aromatic heterocycles. The molecule has 0 radical (unpaired) electrons. The first-order valence-corrected chi connectivity index (χ1v) is 8.69. The maximum absolute atomic E-state index is 12.0. The zero-order chi connectivity index (χ0) is 16.8. The van der Waals surface area contributed by atoms with Crippen LogP contribution in [0.4, 0.5) is 5.69 Å². The fourth-order valence-corrected chi connectivity index (χ4v) is 3.18. The molecule has 5 nitrogen and oxygen atoms in total. The van der Waals surface area contributed by atoms with Gasteiger partial charge in [-0.2, -0.15) is 0 Å². The average Bonchev–Trinajstić information content (AvgIpc) is 3.00. The van der Waals surface area contributed by atoms with Crippen molar-refractivity contribution < 1.29 is 14.3 Å². The molecule has 0 bridgehead atoms. The van der Waals surface area contributed by atoms with Gasteiger partial charge in [-0.05, 0) is 43.5 Å². The summed E-state index contributed by atoms with van der Waals surface area (Å²) in [4.78, 5) is 25.6. The number of hydrogen-bond acceptors (Lipinski definition) is 3. The second kappa shape index (κ2) is 8.45. The zero-order valence-electron chi connectivity index (χ0n) is 13.6. The van der Waals surface area contributed by atoms with Crippen LogP contribution < -0.4 is 10.2 Å². The molecule has 1 N–H and O–H groups in total. The van der Waals surface area contributed by atoms with Gasteiger partial charge in [-0.15, -0.1) is 0 Å². The summed E-state index contributed by atoms with van der Waals surface area (Å²) in [6.07, 6.45) is 2.47. The van der Waals surface area contributed by atoms with E-state index in [1.54, 1.807) is 4.90 Å². The SMILES string of the molecule is CC(=O)N(CCC(=O)NCC1CCCO1)c1ccc(Br)cc1C. The Morgan fingerprint density at radius 3 is 2.83 bits per heavy atom. The lowest BCUT2D eigenvalue weighted by Crippen LogP contribution is -2.36. The van der Waals surface area contributed by atoms with Gasteiger partial charge in [0.05, 0.1) is 6.10 Å². The fraction of sp³-hybridized carbons (Fsp3) is 0.529. The molecule has 1 unspecified atom stereocenters. The molecule has 1 aromatic carbocycles. The smallest absolute Gasteiger partial charge is 0.223 e. The van der Waals surface area contributed by atoms with Crippen LogP contribution in [0.15, 0.2) is 22.7 Å². The van der Waals surface area contributed by atoms with Crippen molar-refractivity contribution in [3.8, 4) is 0 Å². The molecule has 1 aliphatic heterocycles. The van der Waals surface area contributed by atoms with Crippen molar-refractivity contribution in [2.24, 2.45) is 0 Å². The van der Waals surface area contributed by atoms with Crippen molar-refractivity contribution in [3.05, 3.63) is 28.2 Å².